The number of rotatable bonds is 20. The molecule has 0 aromatic rings. The summed E-state index contributed by atoms with van der Waals surface area (Å²) in [6, 6.07) is 0. The van der Waals surface area contributed by atoms with E-state index in [1.807, 2.05) is 0 Å². The molecular weight excluding hydrogens is 347 g/mol. The molecule has 0 radical (unpaired) electrons. The van der Waals surface area contributed by atoms with E-state index < -0.39 is 26.5 Å². The predicted octanol–water partition coefficient (Wildman–Crippen LogP) is 5.44. The molecule has 0 fully saturated rings. The van der Waals surface area contributed by atoms with Crippen LogP contribution in [0.25, 0.3) is 0 Å². The summed E-state index contributed by atoms with van der Waals surface area (Å²) in [5.41, 5.74) is 0. The summed E-state index contributed by atoms with van der Waals surface area (Å²) in [6.07, 6.45) is 19.6. The van der Waals surface area contributed by atoms with E-state index in [4.69, 9.17) is 5.11 Å². The standard InChI is InChI=1S/C21H45O4P/c1-2-3-4-5-6-7-8-9-10-11-12-13-14-15-16-17-18-21(24,26-25)20(23)19-22/h20,22-24H,2-19,26H2,1H3. The fraction of sp³-hybridized carbons (Fsp3) is 1.00. The quantitative estimate of drug-likeness (QED) is 0.190. The lowest BCUT2D eigenvalue weighted by atomic mass is 10.0. The van der Waals surface area contributed by atoms with Crippen LogP contribution in [0.3, 0.4) is 0 Å². The Morgan fingerprint density at radius 3 is 1.38 bits per heavy atom. The van der Waals surface area contributed by atoms with Crippen molar-refractivity contribution in [1.82, 2.24) is 0 Å². The minimum atomic E-state index is -1.58. The van der Waals surface area contributed by atoms with Gasteiger partial charge in [0.1, 0.15) is 11.4 Å². The first-order valence-corrected chi connectivity index (χ1v) is 12.1. The van der Waals surface area contributed by atoms with Crippen molar-refractivity contribution >= 4 is 8.46 Å². The van der Waals surface area contributed by atoms with Crippen LogP contribution in [0.5, 0.6) is 0 Å². The summed E-state index contributed by atoms with van der Waals surface area (Å²) in [4.78, 5) is 0. The summed E-state index contributed by atoms with van der Waals surface area (Å²) in [5.74, 6) is 0. The second kappa shape index (κ2) is 18.5. The van der Waals surface area contributed by atoms with E-state index >= 15 is 0 Å². The zero-order valence-electron chi connectivity index (χ0n) is 17.1. The Kier molecular flexibility index (Phi) is 18.6. The summed E-state index contributed by atoms with van der Waals surface area (Å²) in [5, 5.41) is 26.9. The Labute approximate surface area is 163 Å². The third-order valence-electron chi connectivity index (χ3n) is 5.38. The molecule has 0 aliphatic rings. The minimum Gasteiger partial charge on any atom is -0.394 e. The largest absolute Gasteiger partial charge is 0.394 e. The highest BCUT2D eigenvalue weighted by Crippen LogP contribution is 2.30. The SMILES string of the molecule is CCCCCCCCCCCCCCCCCCC(O)([PH2]=O)C(O)CO. The van der Waals surface area contributed by atoms with Crippen molar-refractivity contribution in [2.45, 2.75) is 128 Å². The molecule has 0 aliphatic heterocycles. The summed E-state index contributed by atoms with van der Waals surface area (Å²) >= 11 is 0. The summed E-state index contributed by atoms with van der Waals surface area (Å²) < 4.78 is 11.1. The fourth-order valence-electron chi connectivity index (χ4n) is 3.42. The number of unbranched alkanes of at least 4 members (excludes halogenated alkanes) is 15. The van der Waals surface area contributed by atoms with Crippen molar-refractivity contribution < 1.29 is 19.9 Å². The molecule has 3 atom stereocenters. The second-order valence-electron chi connectivity index (χ2n) is 7.86. The smallest absolute Gasteiger partial charge is 0.140 e. The van der Waals surface area contributed by atoms with Gasteiger partial charge in [-0.05, 0) is 6.42 Å². The first-order valence-electron chi connectivity index (χ1n) is 11.1. The number of hydrogen-bond acceptors (Lipinski definition) is 4. The summed E-state index contributed by atoms with van der Waals surface area (Å²) in [7, 11) is -1.50. The molecule has 0 amide bonds. The summed E-state index contributed by atoms with van der Waals surface area (Å²) in [6.45, 7) is 1.73. The lowest BCUT2D eigenvalue weighted by Gasteiger charge is -2.26. The molecule has 0 saturated heterocycles. The van der Waals surface area contributed by atoms with Crippen LogP contribution in [0.15, 0.2) is 0 Å². The molecule has 0 aliphatic carbocycles. The normalized spacial score (nSPS) is 15.5. The molecule has 4 nitrogen and oxygen atoms in total. The zero-order valence-corrected chi connectivity index (χ0v) is 18.3. The predicted molar refractivity (Wildman–Crippen MR) is 113 cm³/mol. The van der Waals surface area contributed by atoms with Gasteiger partial charge in [-0.25, -0.2) is 0 Å². The van der Waals surface area contributed by atoms with Gasteiger partial charge in [0.2, 0.25) is 0 Å². The highest BCUT2D eigenvalue weighted by molar-refractivity contribution is 7.25. The maximum absolute atomic E-state index is 11.1. The molecule has 0 saturated carbocycles. The van der Waals surface area contributed by atoms with Gasteiger partial charge in [0.25, 0.3) is 0 Å². The number of hydrogen-bond donors (Lipinski definition) is 3. The lowest BCUT2D eigenvalue weighted by Crippen LogP contribution is -2.39. The molecule has 26 heavy (non-hydrogen) atoms. The number of aliphatic hydroxyl groups excluding tert-OH is 2. The monoisotopic (exact) mass is 392 g/mol. The van der Waals surface area contributed by atoms with Crippen LogP contribution in [0, 0.1) is 0 Å². The average molecular weight is 393 g/mol. The van der Waals surface area contributed by atoms with Gasteiger partial charge in [-0.2, -0.15) is 0 Å². The maximum Gasteiger partial charge on any atom is 0.140 e. The molecule has 0 spiro atoms. The lowest BCUT2D eigenvalue weighted by molar-refractivity contribution is -0.0444. The molecule has 3 unspecified atom stereocenters. The van der Waals surface area contributed by atoms with Crippen molar-refractivity contribution in [2.24, 2.45) is 0 Å². The van der Waals surface area contributed by atoms with Crippen LogP contribution < -0.4 is 0 Å². The van der Waals surface area contributed by atoms with E-state index in [9.17, 15) is 14.8 Å². The molecule has 0 heterocycles. The van der Waals surface area contributed by atoms with E-state index in [1.54, 1.807) is 0 Å². The Bertz CT molecular complexity index is 314. The molecule has 0 aromatic carbocycles. The van der Waals surface area contributed by atoms with Crippen molar-refractivity contribution in [2.75, 3.05) is 6.61 Å². The number of aliphatic hydroxyl groups is 3. The molecule has 0 bridgehead atoms. The first-order chi connectivity index (χ1) is 12.6. The van der Waals surface area contributed by atoms with E-state index in [-0.39, 0.29) is 0 Å². The Hall–Kier alpha value is 0.110. The molecule has 3 N–H and O–H groups in total. The maximum atomic E-state index is 11.1. The van der Waals surface area contributed by atoms with Gasteiger partial charge in [0, 0.05) is 0 Å². The van der Waals surface area contributed by atoms with Crippen LogP contribution in [0.2, 0.25) is 0 Å². The van der Waals surface area contributed by atoms with Crippen molar-refractivity contribution in [3.05, 3.63) is 0 Å². The Morgan fingerprint density at radius 1 is 0.731 bits per heavy atom. The topological polar surface area (TPSA) is 77.8 Å². The van der Waals surface area contributed by atoms with E-state index in [0.29, 0.717) is 6.42 Å². The van der Waals surface area contributed by atoms with Crippen LogP contribution in [-0.4, -0.2) is 33.4 Å². The molecule has 0 aromatic heterocycles. The third kappa shape index (κ3) is 14.2. The highest BCUT2D eigenvalue weighted by Gasteiger charge is 2.33. The van der Waals surface area contributed by atoms with Crippen LogP contribution in [0.1, 0.15) is 116 Å². The Morgan fingerprint density at radius 2 is 1.08 bits per heavy atom. The third-order valence-corrected chi connectivity index (χ3v) is 6.47. The van der Waals surface area contributed by atoms with Crippen molar-refractivity contribution in [1.29, 1.82) is 0 Å². The average Bonchev–Trinajstić information content (AvgIpc) is 2.66. The van der Waals surface area contributed by atoms with Gasteiger partial charge < -0.3 is 19.9 Å². The van der Waals surface area contributed by atoms with Gasteiger partial charge in [0.05, 0.1) is 15.1 Å². The van der Waals surface area contributed by atoms with Crippen LogP contribution >= 0.6 is 8.46 Å². The van der Waals surface area contributed by atoms with Gasteiger partial charge in [0.15, 0.2) is 0 Å². The molecule has 5 heteroatoms. The van der Waals surface area contributed by atoms with Gasteiger partial charge in [-0.3, -0.25) is 0 Å². The molecule has 0 rings (SSSR count). The van der Waals surface area contributed by atoms with E-state index in [0.717, 1.165) is 19.3 Å². The molecule has 158 valence electrons. The van der Waals surface area contributed by atoms with Gasteiger partial charge in [-0.15, -0.1) is 0 Å². The minimum absolute atomic E-state index is 0.312. The van der Waals surface area contributed by atoms with Crippen LogP contribution in [0.4, 0.5) is 0 Å². The van der Waals surface area contributed by atoms with E-state index in [1.165, 1.54) is 83.5 Å². The van der Waals surface area contributed by atoms with Gasteiger partial charge in [-0.1, -0.05) is 110 Å². The molecular formula is C21H45O4P. The van der Waals surface area contributed by atoms with Crippen molar-refractivity contribution in [3.8, 4) is 0 Å². The zero-order chi connectivity index (χ0) is 19.5. The van der Waals surface area contributed by atoms with Crippen LogP contribution in [-0.2, 0) is 4.57 Å². The highest BCUT2D eigenvalue weighted by atomic mass is 31.1. The first kappa shape index (κ1) is 26.1. The van der Waals surface area contributed by atoms with E-state index in [2.05, 4.69) is 6.92 Å². The Balaban J connectivity index is 3.30. The second-order valence-corrected chi connectivity index (χ2v) is 9.10. The van der Waals surface area contributed by atoms with Crippen molar-refractivity contribution in [3.63, 3.8) is 0 Å². The fourth-order valence-corrected chi connectivity index (χ4v) is 4.00. The van der Waals surface area contributed by atoms with Gasteiger partial charge >= 0.3 is 0 Å².